The highest BCUT2D eigenvalue weighted by Crippen LogP contribution is 2.31. The summed E-state index contributed by atoms with van der Waals surface area (Å²) >= 11 is 0. The zero-order valence-corrected chi connectivity index (χ0v) is 15.6. The Hall–Kier alpha value is -0.450. The summed E-state index contributed by atoms with van der Waals surface area (Å²) in [6, 6.07) is 0. The highest BCUT2D eigenvalue weighted by Gasteiger charge is 2.14. The van der Waals surface area contributed by atoms with E-state index < -0.39 is 8.25 Å². The van der Waals surface area contributed by atoms with Crippen molar-refractivity contribution in [2.24, 2.45) is 0 Å². The second kappa shape index (κ2) is 13.0. The van der Waals surface area contributed by atoms with Gasteiger partial charge in [-0.15, -0.1) is 13.2 Å². The van der Waals surface area contributed by atoms with Crippen LogP contribution in [0, 0.1) is 0 Å². The highest BCUT2D eigenvalue weighted by molar-refractivity contribution is 7.33. The van der Waals surface area contributed by atoms with Crippen LogP contribution < -0.4 is 0 Å². The van der Waals surface area contributed by atoms with E-state index in [1.54, 1.807) is 12.2 Å². The van der Waals surface area contributed by atoms with Gasteiger partial charge < -0.3 is 18.8 Å². The van der Waals surface area contributed by atoms with Crippen LogP contribution in [0.25, 0.3) is 0 Å². The quantitative estimate of drug-likeness (QED) is 0.361. The number of nitrogens with zero attached hydrogens (tertiary/aromatic N) is 2. The normalized spacial score (nSPS) is 15.7. The van der Waals surface area contributed by atoms with E-state index in [1.807, 2.05) is 28.2 Å². The van der Waals surface area contributed by atoms with E-state index in [2.05, 4.69) is 23.0 Å². The molecule has 2 unspecified atom stereocenters. The Balaban J connectivity index is 4.09. The first-order chi connectivity index (χ1) is 10.4. The monoisotopic (exact) mass is 332 g/mol. The lowest BCUT2D eigenvalue weighted by molar-refractivity contribution is 0.154. The molecule has 0 rings (SSSR count). The van der Waals surface area contributed by atoms with Crippen molar-refractivity contribution in [1.29, 1.82) is 0 Å². The van der Waals surface area contributed by atoms with E-state index in [0.29, 0.717) is 0 Å². The molecule has 0 aromatic heterocycles. The molecule has 6 heteroatoms. The molecule has 22 heavy (non-hydrogen) atoms. The van der Waals surface area contributed by atoms with E-state index in [1.165, 1.54) is 0 Å². The fourth-order valence-corrected chi connectivity index (χ4v) is 2.92. The maximum atomic E-state index is 12.0. The summed E-state index contributed by atoms with van der Waals surface area (Å²) in [5.74, 6) is 0. The third kappa shape index (κ3) is 12.1. The molecule has 5 nitrogen and oxygen atoms in total. The summed E-state index contributed by atoms with van der Waals surface area (Å²) in [5, 5.41) is 0. The van der Waals surface area contributed by atoms with Crippen molar-refractivity contribution in [3.63, 3.8) is 0 Å². The van der Waals surface area contributed by atoms with E-state index in [9.17, 15) is 4.57 Å². The van der Waals surface area contributed by atoms with Crippen LogP contribution in [0.15, 0.2) is 25.3 Å². The van der Waals surface area contributed by atoms with E-state index >= 15 is 0 Å². The van der Waals surface area contributed by atoms with Gasteiger partial charge in [0.2, 0.25) is 0 Å². The molecule has 0 amide bonds. The molecular formula is C16H33N2O3P. The third-order valence-electron chi connectivity index (χ3n) is 3.21. The molecule has 0 bridgehead atoms. The molecule has 0 aliphatic carbocycles. The van der Waals surface area contributed by atoms with E-state index in [-0.39, 0.29) is 12.2 Å². The van der Waals surface area contributed by atoms with Crippen LogP contribution in [0.4, 0.5) is 0 Å². The van der Waals surface area contributed by atoms with Crippen LogP contribution in [0.1, 0.15) is 25.7 Å². The molecule has 0 N–H and O–H groups in total. The van der Waals surface area contributed by atoms with Crippen molar-refractivity contribution in [3.05, 3.63) is 25.3 Å². The van der Waals surface area contributed by atoms with Crippen molar-refractivity contribution in [1.82, 2.24) is 9.80 Å². The molecule has 0 aromatic carbocycles. The minimum atomic E-state index is -2.53. The zero-order chi connectivity index (χ0) is 17.0. The fourth-order valence-electron chi connectivity index (χ4n) is 1.94. The topological polar surface area (TPSA) is 42.0 Å². The minimum absolute atomic E-state index is 0.224. The fraction of sp³-hybridized carbons (Fsp3) is 0.750. The van der Waals surface area contributed by atoms with Crippen molar-refractivity contribution >= 4 is 8.25 Å². The Morgan fingerprint density at radius 2 is 1.27 bits per heavy atom. The van der Waals surface area contributed by atoms with Gasteiger partial charge in [0, 0.05) is 0 Å². The molecule has 0 fully saturated rings. The van der Waals surface area contributed by atoms with Crippen molar-refractivity contribution in [2.75, 3.05) is 41.3 Å². The Morgan fingerprint density at radius 1 is 0.909 bits per heavy atom. The van der Waals surface area contributed by atoms with E-state index in [4.69, 9.17) is 9.05 Å². The molecule has 0 aliphatic rings. The molecular weight excluding hydrogens is 299 g/mol. The first-order valence-electron chi connectivity index (χ1n) is 7.80. The van der Waals surface area contributed by atoms with E-state index in [0.717, 1.165) is 38.8 Å². The average molecular weight is 332 g/mol. The van der Waals surface area contributed by atoms with Gasteiger partial charge in [-0.25, -0.2) is 0 Å². The zero-order valence-electron chi connectivity index (χ0n) is 14.6. The maximum absolute atomic E-state index is 12.0. The van der Waals surface area contributed by atoms with Gasteiger partial charge in [0.25, 0.3) is 0 Å². The second-order valence-corrected chi connectivity index (χ2v) is 6.90. The number of hydrogen-bond acceptors (Lipinski definition) is 5. The van der Waals surface area contributed by atoms with Crippen LogP contribution >= 0.6 is 8.25 Å². The van der Waals surface area contributed by atoms with Crippen LogP contribution in [0.3, 0.4) is 0 Å². The number of rotatable bonds is 14. The van der Waals surface area contributed by atoms with Gasteiger partial charge in [-0.1, -0.05) is 12.2 Å². The SMILES string of the molecule is C=CC(CCCN(C)C)O[PH](=O)OC(C=C)CCCN(C)C. The highest BCUT2D eigenvalue weighted by atomic mass is 31.1. The molecule has 0 radical (unpaired) electrons. The summed E-state index contributed by atoms with van der Waals surface area (Å²) < 4.78 is 22.9. The Labute approximate surface area is 136 Å². The molecule has 0 heterocycles. The smallest absolute Gasteiger partial charge is 0.309 e. The van der Waals surface area contributed by atoms with Gasteiger partial charge in [0.05, 0.1) is 12.2 Å². The van der Waals surface area contributed by atoms with Crippen molar-refractivity contribution in [2.45, 2.75) is 37.9 Å². The molecule has 0 saturated carbocycles. The number of hydrogen-bond donors (Lipinski definition) is 0. The van der Waals surface area contributed by atoms with Gasteiger partial charge in [-0.3, -0.25) is 4.57 Å². The molecule has 0 saturated heterocycles. The molecule has 130 valence electrons. The summed E-state index contributed by atoms with van der Waals surface area (Å²) in [6.07, 6.45) is 6.45. The van der Waals surface area contributed by atoms with Gasteiger partial charge in [0.1, 0.15) is 0 Å². The lowest BCUT2D eigenvalue weighted by Gasteiger charge is -2.18. The lowest BCUT2D eigenvalue weighted by atomic mass is 10.2. The Bertz CT molecular complexity index is 305. The third-order valence-corrected chi connectivity index (χ3v) is 4.20. The van der Waals surface area contributed by atoms with Gasteiger partial charge in [0.15, 0.2) is 0 Å². The predicted molar refractivity (Wildman–Crippen MR) is 94.7 cm³/mol. The first kappa shape index (κ1) is 21.6. The lowest BCUT2D eigenvalue weighted by Crippen LogP contribution is -2.17. The van der Waals surface area contributed by atoms with Gasteiger partial charge in [-0.2, -0.15) is 0 Å². The predicted octanol–water partition coefficient (Wildman–Crippen LogP) is 3.20. The molecule has 0 aliphatic heterocycles. The molecule has 0 spiro atoms. The molecule has 0 aromatic rings. The van der Waals surface area contributed by atoms with Gasteiger partial charge in [-0.05, 0) is 67.0 Å². The Kier molecular flexibility index (Phi) is 12.8. The second-order valence-electron chi connectivity index (χ2n) is 5.93. The first-order valence-corrected chi connectivity index (χ1v) is 9.03. The summed E-state index contributed by atoms with van der Waals surface area (Å²) in [5.41, 5.74) is 0. The van der Waals surface area contributed by atoms with Gasteiger partial charge >= 0.3 is 8.25 Å². The van der Waals surface area contributed by atoms with Crippen molar-refractivity contribution < 1.29 is 13.6 Å². The Morgan fingerprint density at radius 3 is 1.55 bits per heavy atom. The van der Waals surface area contributed by atoms with Crippen LogP contribution in [0.2, 0.25) is 0 Å². The summed E-state index contributed by atoms with van der Waals surface area (Å²) in [7, 11) is 5.57. The summed E-state index contributed by atoms with van der Waals surface area (Å²) in [4.78, 5) is 4.22. The molecule has 2 atom stereocenters. The van der Waals surface area contributed by atoms with Crippen LogP contribution in [-0.2, 0) is 13.6 Å². The van der Waals surface area contributed by atoms with Crippen LogP contribution in [-0.4, -0.2) is 63.3 Å². The standard InChI is InChI=1S/C16H33N2O3P/c1-7-15(11-9-13-17(3)4)20-22(19)21-16(8-2)12-10-14-18(5)6/h7-8,15-16,22H,1-2,9-14H2,3-6H3. The summed E-state index contributed by atoms with van der Waals surface area (Å²) in [6.45, 7) is 9.41. The largest absolute Gasteiger partial charge is 0.320 e. The minimum Gasteiger partial charge on any atom is -0.309 e. The van der Waals surface area contributed by atoms with Crippen LogP contribution in [0.5, 0.6) is 0 Å². The van der Waals surface area contributed by atoms with Crippen molar-refractivity contribution in [3.8, 4) is 0 Å². The maximum Gasteiger partial charge on any atom is 0.320 e. The average Bonchev–Trinajstić information content (AvgIpc) is 2.44.